The van der Waals surface area contributed by atoms with E-state index < -0.39 is 0 Å². The minimum absolute atomic E-state index is 0.739. The Kier molecular flexibility index (Phi) is 2.55. The predicted molar refractivity (Wildman–Crippen MR) is 69.9 cm³/mol. The molecule has 3 fully saturated rings. The highest BCUT2D eigenvalue weighted by atomic mass is 15.2. The zero-order chi connectivity index (χ0) is 11.2. The van der Waals surface area contributed by atoms with Gasteiger partial charge in [-0.05, 0) is 57.0 Å². The molecule has 1 aliphatic carbocycles. The quantitative estimate of drug-likeness (QED) is 0.644. The molecule has 4 rings (SSSR count). The van der Waals surface area contributed by atoms with Crippen molar-refractivity contribution in [2.45, 2.75) is 50.6 Å². The second-order valence-electron chi connectivity index (χ2n) is 6.49. The van der Waals surface area contributed by atoms with Gasteiger partial charge in [0.25, 0.3) is 0 Å². The summed E-state index contributed by atoms with van der Waals surface area (Å²) in [7, 11) is 0. The highest BCUT2D eigenvalue weighted by molar-refractivity contribution is 5.23. The third-order valence-electron chi connectivity index (χ3n) is 5.51. The van der Waals surface area contributed by atoms with Gasteiger partial charge in [0.05, 0.1) is 0 Å². The van der Waals surface area contributed by atoms with E-state index in [4.69, 9.17) is 0 Å². The average Bonchev–Trinajstić information content (AvgIpc) is 2.39. The first kappa shape index (κ1) is 10.6. The van der Waals surface area contributed by atoms with E-state index in [0.29, 0.717) is 0 Å². The molecule has 94 valence electrons. The zero-order valence-corrected chi connectivity index (χ0v) is 10.7. The van der Waals surface area contributed by atoms with E-state index in [1.54, 1.807) is 5.57 Å². The van der Waals surface area contributed by atoms with Gasteiger partial charge in [0, 0.05) is 18.6 Å². The van der Waals surface area contributed by atoms with Gasteiger partial charge in [-0.15, -0.1) is 0 Å². The van der Waals surface area contributed by atoms with Crippen molar-refractivity contribution in [3.8, 4) is 0 Å². The topological polar surface area (TPSA) is 15.3 Å². The summed E-state index contributed by atoms with van der Waals surface area (Å²) in [5, 5.41) is 3.78. The molecule has 0 saturated carbocycles. The summed E-state index contributed by atoms with van der Waals surface area (Å²) in [6.45, 7) is 3.98. The molecule has 0 radical (unpaired) electrons. The lowest BCUT2D eigenvalue weighted by Gasteiger charge is -2.52. The molecule has 3 unspecified atom stereocenters. The Morgan fingerprint density at radius 1 is 1.24 bits per heavy atom. The molecule has 4 atom stereocenters. The number of fused-ring (bicyclic) bond motifs is 6. The number of hydrogen-bond donors (Lipinski definition) is 1. The van der Waals surface area contributed by atoms with Crippen LogP contribution in [0.2, 0.25) is 0 Å². The van der Waals surface area contributed by atoms with E-state index in [1.165, 1.54) is 58.2 Å². The third-order valence-corrected chi connectivity index (χ3v) is 5.51. The maximum absolute atomic E-state index is 3.78. The number of hydrogen-bond acceptors (Lipinski definition) is 2. The lowest BCUT2D eigenvalue weighted by atomic mass is 9.68. The van der Waals surface area contributed by atoms with Crippen molar-refractivity contribution in [1.82, 2.24) is 10.2 Å². The number of nitrogens with one attached hydrogen (secondary N) is 1. The summed E-state index contributed by atoms with van der Waals surface area (Å²) in [6, 6.07) is 1.64. The van der Waals surface area contributed by atoms with E-state index >= 15 is 0 Å². The van der Waals surface area contributed by atoms with Crippen LogP contribution in [0.5, 0.6) is 0 Å². The molecule has 2 bridgehead atoms. The summed E-state index contributed by atoms with van der Waals surface area (Å²) in [5.41, 5.74) is 1.77. The number of piperidine rings is 3. The van der Waals surface area contributed by atoms with E-state index in [0.717, 1.165) is 23.9 Å². The first-order valence-corrected chi connectivity index (χ1v) is 7.60. The Morgan fingerprint density at radius 2 is 2.24 bits per heavy atom. The predicted octanol–water partition coefficient (Wildman–Crippen LogP) is 2.17. The first-order chi connectivity index (χ1) is 8.42. The van der Waals surface area contributed by atoms with Crippen LogP contribution in [0.1, 0.15) is 38.5 Å². The molecule has 3 heterocycles. The van der Waals surface area contributed by atoms with Gasteiger partial charge in [0.2, 0.25) is 0 Å². The summed E-state index contributed by atoms with van der Waals surface area (Å²) in [5.74, 6) is 1.80. The van der Waals surface area contributed by atoms with Crippen molar-refractivity contribution >= 4 is 0 Å². The van der Waals surface area contributed by atoms with E-state index in [1.807, 2.05) is 0 Å². The monoisotopic (exact) mass is 232 g/mol. The Balaban J connectivity index is 1.64. The van der Waals surface area contributed by atoms with Crippen LogP contribution in [0.25, 0.3) is 0 Å². The average molecular weight is 232 g/mol. The summed E-state index contributed by atoms with van der Waals surface area (Å²) in [4.78, 5) is 2.81. The molecule has 0 aromatic carbocycles. The molecule has 3 aliphatic heterocycles. The molecular formula is C15H24N2. The molecular weight excluding hydrogens is 208 g/mol. The summed E-state index contributed by atoms with van der Waals surface area (Å²) < 4.78 is 0. The largest absolute Gasteiger partial charge is 0.310 e. The molecule has 0 aromatic rings. The van der Waals surface area contributed by atoms with E-state index in [9.17, 15) is 0 Å². The fraction of sp³-hybridized carbons (Fsp3) is 0.867. The van der Waals surface area contributed by atoms with Crippen LogP contribution in [0.4, 0.5) is 0 Å². The second-order valence-corrected chi connectivity index (χ2v) is 6.49. The molecule has 0 spiro atoms. The summed E-state index contributed by atoms with van der Waals surface area (Å²) in [6.07, 6.45) is 11.2. The lowest BCUT2D eigenvalue weighted by molar-refractivity contribution is 0.0271. The minimum Gasteiger partial charge on any atom is -0.310 e. The summed E-state index contributed by atoms with van der Waals surface area (Å²) >= 11 is 0. The van der Waals surface area contributed by atoms with Crippen LogP contribution in [0.15, 0.2) is 11.6 Å². The Hall–Kier alpha value is -0.340. The molecule has 4 aliphatic rings. The van der Waals surface area contributed by atoms with Crippen LogP contribution in [-0.2, 0) is 0 Å². The molecule has 0 amide bonds. The molecule has 17 heavy (non-hydrogen) atoms. The van der Waals surface area contributed by atoms with Gasteiger partial charge < -0.3 is 5.32 Å². The zero-order valence-electron chi connectivity index (χ0n) is 10.7. The van der Waals surface area contributed by atoms with Gasteiger partial charge >= 0.3 is 0 Å². The van der Waals surface area contributed by atoms with E-state index in [2.05, 4.69) is 16.3 Å². The highest BCUT2D eigenvalue weighted by Crippen LogP contribution is 2.42. The molecule has 0 aromatic heterocycles. The minimum atomic E-state index is 0.739. The fourth-order valence-electron chi connectivity index (χ4n) is 4.80. The maximum atomic E-state index is 3.78. The normalized spacial score (nSPS) is 45.8. The van der Waals surface area contributed by atoms with Gasteiger partial charge in [0.15, 0.2) is 0 Å². The standard InChI is InChI=1S/C15H24N2/c1-2-7-17-10-13-9-12(14(17)5-1)8-11-4-3-6-16-15(11)13/h8,12-16H,1-7,9-10H2/t12?,13?,14?,15-/m1/s1. The third kappa shape index (κ3) is 1.68. The van der Waals surface area contributed by atoms with Gasteiger partial charge in [-0.2, -0.15) is 0 Å². The first-order valence-electron chi connectivity index (χ1n) is 7.60. The van der Waals surface area contributed by atoms with Crippen molar-refractivity contribution in [2.24, 2.45) is 11.8 Å². The van der Waals surface area contributed by atoms with Crippen LogP contribution in [-0.4, -0.2) is 36.6 Å². The van der Waals surface area contributed by atoms with Crippen LogP contribution in [0.3, 0.4) is 0 Å². The molecule has 2 nitrogen and oxygen atoms in total. The van der Waals surface area contributed by atoms with Gasteiger partial charge in [0.1, 0.15) is 0 Å². The van der Waals surface area contributed by atoms with Gasteiger partial charge in [-0.25, -0.2) is 0 Å². The van der Waals surface area contributed by atoms with Crippen LogP contribution < -0.4 is 5.32 Å². The van der Waals surface area contributed by atoms with Crippen molar-refractivity contribution in [3.05, 3.63) is 11.6 Å². The number of nitrogens with zero attached hydrogens (tertiary/aromatic N) is 1. The Morgan fingerprint density at radius 3 is 3.24 bits per heavy atom. The van der Waals surface area contributed by atoms with Crippen molar-refractivity contribution in [2.75, 3.05) is 19.6 Å². The molecule has 1 N–H and O–H groups in total. The highest BCUT2D eigenvalue weighted by Gasteiger charge is 2.43. The Bertz CT molecular complexity index is 336. The molecule has 3 saturated heterocycles. The van der Waals surface area contributed by atoms with E-state index in [-0.39, 0.29) is 0 Å². The van der Waals surface area contributed by atoms with Crippen LogP contribution in [0, 0.1) is 11.8 Å². The van der Waals surface area contributed by atoms with Crippen molar-refractivity contribution < 1.29 is 0 Å². The van der Waals surface area contributed by atoms with Crippen LogP contribution >= 0.6 is 0 Å². The smallest absolute Gasteiger partial charge is 0.0320 e. The Labute approximate surface area is 104 Å². The van der Waals surface area contributed by atoms with Gasteiger partial charge in [-0.1, -0.05) is 18.1 Å². The second kappa shape index (κ2) is 4.10. The van der Waals surface area contributed by atoms with Crippen molar-refractivity contribution in [3.63, 3.8) is 0 Å². The SMILES string of the molecule is C1=C2CCCN[C@H]2C2CC1C1CCCCN1C2. The maximum Gasteiger partial charge on any atom is 0.0320 e. The van der Waals surface area contributed by atoms with Crippen molar-refractivity contribution in [1.29, 1.82) is 0 Å². The molecule has 2 heteroatoms. The number of rotatable bonds is 0. The van der Waals surface area contributed by atoms with Gasteiger partial charge in [-0.3, -0.25) is 4.90 Å². The fourth-order valence-corrected chi connectivity index (χ4v) is 4.80. The lowest BCUT2D eigenvalue weighted by Crippen LogP contribution is -2.58.